The number of hydrogen-bond acceptors (Lipinski definition) is 3. The summed E-state index contributed by atoms with van der Waals surface area (Å²) in [5.74, 6) is 0.463. The molecule has 0 saturated heterocycles. The highest BCUT2D eigenvalue weighted by Crippen LogP contribution is 2.14. The van der Waals surface area contributed by atoms with Crippen LogP contribution in [-0.4, -0.2) is 19.1 Å². The van der Waals surface area contributed by atoms with E-state index < -0.39 is 0 Å². The molecule has 3 nitrogen and oxygen atoms in total. The highest BCUT2D eigenvalue weighted by Gasteiger charge is 2.00. The van der Waals surface area contributed by atoms with Gasteiger partial charge >= 0.3 is 5.97 Å². The van der Waals surface area contributed by atoms with Crippen LogP contribution >= 0.6 is 0 Å². The van der Waals surface area contributed by atoms with E-state index in [9.17, 15) is 4.79 Å². The molecule has 0 bridgehead atoms. The molecule has 0 spiro atoms. The Morgan fingerprint density at radius 2 is 1.95 bits per heavy atom. The lowest BCUT2D eigenvalue weighted by Gasteiger charge is -2.08. The zero-order valence-corrected chi connectivity index (χ0v) is 12.2. The first-order valence-electron chi connectivity index (χ1n) is 7.08. The van der Waals surface area contributed by atoms with E-state index in [1.165, 1.54) is 11.1 Å². The van der Waals surface area contributed by atoms with Gasteiger partial charge in [0, 0.05) is 19.5 Å². The molecule has 1 aromatic carbocycles. The molecule has 0 fully saturated rings. The first-order chi connectivity index (χ1) is 9.13. The number of rotatable bonds is 8. The molecule has 1 rings (SSSR count). The lowest BCUT2D eigenvalue weighted by Crippen LogP contribution is -2.21. The van der Waals surface area contributed by atoms with Crippen LogP contribution in [0.3, 0.4) is 0 Å². The number of carbonyl (C=O) groups is 1. The summed E-state index contributed by atoms with van der Waals surface area (Å²) < 4.78 is 5.07. The average Bonchev–Trinajstić information content (AvgIpc) is 2.39. The zero-order valence-electron chi connectivity index (χ0n) is 12.2. The van der Waals surface area contributed by atoms with E-state index >= 15 is 0 Å². The third-order valence-corrected chi connectivity index (χ3v) is 2.97. The number of ether oxygens (including phenoxy) is 1. The van der Waals surface area contributed by atoms with Gasteiger partial charge < -0.3 is 10.1 Å². The Hall–Kier alpha value is -1.35. The Bertz CT molecular complexity index is 371. The van der Waals surface area contributed by atoms with Gasteiger partial charge in [-0.1, -0.05) is 45.0 Å². The van der Waals surface area contributed by atoms with E-state index in [1.807, 2.05) is 6.92 Å². The van der Waals surface area contributed by atoms with E-state index in [1.54, 1.807) is 0 Å². The Balaban J connectivity index is 2.17. The topological polar surface area (TPSA) is 38.3 Å². The van der Waals surface area contributed by atoms with Crippen molar-refractivity contribution in [3.05, 3.63) is 35.4 Å². The maximum absolute atomic E-state index is 11.1. The van der Waals surface area contributed by atoms with E-state index in [-0.39, 0.29) is 5.97 Å². The van der Waals surface area contributed by atoms with Crippen LogP contribution in [0.4, 0.5) is 0 Å². The summed E-state index contributed by atoms with van der Waals surface area (Å²) in [6.45, 7) is 8.31. The molecule has 0 aliphatic heterocycles. The van der Waals surface area contributed by atoms with Crippen molar-refractivity contribution in [3.63, 3.8) is 0 Å². The highest BCUT2D eigenvalue weighted by atomic mass is 16.5. The van der Waals surface area contributed by atoms with E-state index in [4.69, 9.17) is 4.74 Å². The van der Waals surface area contributed by atoms with Crippen molar-refractivity contribution in [3.8, 4) is 0 Å². The second-order valence-corrected chi connectivity index (χ2v) is 5.04. The largest absolute Gasteiger partial charge is 0.464 e. The van der Waals surface area contributed by atoms with Crippen molar-refractivity contribution >= 4 is 5.97 Å². The second kappa shape index (κ2) is 8.70. The van der Waals surface area contributed by atoms with Gasteiger partial charge in [0.25, 0.3) is 0 Å². The molecule has 1 aromatic rings. The minimum Gasteiger partial charge on any atom is -0.464 e. The summed E-state index contributed by atoms with van der Waals surface area (Å²) in [6, 6.07) is 8.63. The summed E-state index contributed by atoms with van der Waals surface area (Å²) in [5, 5.41) is 3.27. The van der Waals surface area contributed by atoms with E-state index in [2.05, 4.69) is 43.4 Å². The molecule has 0 aromatic heterocycles. The van der Waals surface area contributed by atoms with Crippen LogP contribution in [0.5, 0.6) is 0 Å². The summed E-state index contributed by atoms with van der Waals surface area (Å²) in [6.07, 6.45) is 1.35. The van der Waals surface area contributed by atoms with E-state index in [0.717, 1.165) is 13.0 Å². The molecule has 0 atom stereocenters. The minimum atomic E-state index is -0.106. The van der Waals surface area contributed by atoms with Gasteiger partial charge in [0.1, 0.15) is 6.61 Å². The molecule has 0 amide bonds. The lowest BCUT2D eigenvalue weighted by atomic mass is 10.0. The molecule has 0 unspecified atom stereocenters. The standard InChI is InChI=1S/C16H25NO2/c1-4-5-16(18)19-11-10-17-12-14-6-8-15(9-7-14)13(2)3/h6-9,13,17H,4-5,10-12H2,1-3H3. The monoisotopic (exact) mass is 263 g/mol. The summed E-state index contributed by atoms with van der Waals surface area (Å²) in [5.41, 5.74) is 2.61. The Morgan fingerprint density at radius 1 is 1.26 bits per heavy atom. The van der Waals surface area contributed by atoms with Crippen LogP contribution in [0.2, 0.25) is 0 Å². The van der Waals surface area contributed by atoms with E-state index in [0.29, 0.717) is 25.5 Å². The molecule has 0 radical (unpaired) electrons. The van der Waals surface area contributed by atoms with Gasteiger partial charge in [-0.15, -0.1) is 0 Å². The molecule has 0 aliphatic rings. The number of carbonyl (C=O) groups excluding carboxylic acids is 1. The minimum absolute atomic E-state index is 0.106. The molecule has 0 aliphatic carbocycles. The summed E-state index contributed by atoms with van der Waals surface area (Å²) in [7, 11) is 0. The van der Waals surface area contributed by atoms with Crippen molar-refractivity contribution in [2.45, 2.75) is 46.1 Å². The summed E-state index contributed by atoms with van der Waals surface area (Å²) >= 11 is 0. The third kappa shape index (κ3) is 6.39. The molecular formula is C16H25NO2. The van der Waals surface area contributed by atoms with Crippen molar-refractivity contribution in [2.75, 3.05) is 13.2 Å². The lowest BCUT2D eigenvalue weighted by molar-refractivity contribution is -0.143. The SMILES string of the molecule is CCCC(=O)OCCNCc1ccc(C(C)C)cc1. The van der Waals surface area contributed by atoms with Crippen molar-refractivity contribution < 1.29 is 9.53 Å². The van der Waals surface area contributed by atoms with Crippen molar-refractivity contribution in [1.29, 1.82) is 0 Å². The van der Waals surface area contributed by atoms with Gasteiger partial charge in [-0.25, -0.2) is 0 Å². The number of hydrogen-bond donors (Lipinski definition) is 1. The van der Waals surface area contributed by atoms with Crippen LogP contribution in [0, 0.1) is 0 Å². The van der Waals surface area contributed by atoms with Crippen molar-refractivity contribution in [1.82, 2.24) is 5.32 Å². The summed E-state index contributed by atoms with van der Waals surface area (Å²) in [4.78, 5) is 11.1. The fraction of sp³-hybridized carbons (Fsp3) is 0.562. The molecule has 19 heavy (non-hydrogen) atoms. The van der Waals surface area contributed by atoms with Gasteiger partial charge in [0.2, 0.25) is 0 Å². The van der Waals surface area contributed by atoms with Gasteiger partial charge in [0.15, 0.2) is 0 Å². The third-order valence-electron chi connectivity index (χ3n) is 2.97. The molecular weight excluding hydrogens is 238 g/mol. The van der Waals surface area contributed by atoms with Gasteiger partial charge in [-0.3, -0.25) is 4.79 Å². The van der Waals surface area contributed by atoms with Crippen LogP contribution in [0.25, 0.3) is 0 Å². The predicted molar refractivity (Wildman–Crippen MR) is 78.1 cm³/mol. The smallest absolute Gasteiger partial charge is 0.305 e. The van der Waals surface area contributed by atoms with Gasteiger partial charge in [0.05, 0.1) is 0 Å². The molecule has 3 heteroatoms. The van der Waals surface area contributed by atoms with Crippen molar-refractivity contribution in [2.24, 2.45) is 0 Å². The van der Waals surface area contributed by atoms with Crippen LogP contribution in [0.15, 0.2) is 24.3 Å². The Morgan fingerprint density at radius 3 is 2.53 bits per heavy atom. The maximum atomic E-state index is 11.1. The molecule has 0 saturated carbocycles. The van der Waals surface area contributed by atoms with Crippen LogP contribution in [0.1, 0.15) is 50.7 Å². The first-order valence-corrected chi connectivity index (χ1v) is 7.08. The first kappa shape index (κ1) is 15.7. The highest BCUT2D eigenvalue weighted by molar-refractivity contribution is 5.69. The normalized spacial score (nSPS) is 10.7. The Labute approximate surface area is 116 Å². The van der Waals surface area contributed by atoms with Gasteiger partial charge in [-0.05, 0) is 23.5 Å². The zero-order chi connectivity index (χ0) is 14.1. The number of nitrogens with one attached hydrogen (secondary N) is 1. The van der Waals surface area contributed by atoms with Crippen LogP contribution in [-0.2, 0) is 16.1 Å². The van der Waals surface area contributed by atoms with Gasteiger partial charge in [-0.2, -0.15) is 0 Å². The van der Waals surface area contributed by atoms with Crippen LogP contribution < -0.4 is 5.32 Å². The molecule has 1 N–H and O–H groups in total. The number of benzene rings is 1. The number of esters is 1. The second-order valence-electron chi connectivity index (χ2n) is 5.04. The predicted octanol–water partition coefficient (Wildman–Crippen LogP) is 3.24. The Kier molecular flexibility index (Phi) is 7.19. The maximum Gasteiger partial charge on any atom is 0.305 e. The molecule has 0 heterocycles. The quantitative estimate of drug-likeness (QED) is 0.578. The average molecular weight is 263 g/mol. The fourth-order valence-corrected chi connectivity index (χ4v) is 1.77. The molecule has 106 valence electrons. The fourth-order valence-electron chi connectivity index (χ4n) is 1.77.